The van der Waals surface area contributed by atoms with E-state index in [-0.39, 0.29) is 0 Å². The Morgan fingerprint density at radius 1 is 1.29 bits per heavy atom. The molecule has 0 bridgehead atoms. The Labute approximate surface area is 143 Å². The average Bonchev–Trinajstić information content (AvgIpc) is 2.49. The first kappa shape index (κ1) is 17.5. The molecular weight excluding hydrogens is 321 g/mol. The summed E-state index contributed by atoms with van der Waals surface area (Å²) in [4.78, 5) is 0. The van der Waals surface area contributed by atoms with E-state index in [1.54, 1.807) is 0 Å². The lowest BCUT2D eigenvalue weighted by atomic mass is 9.91. The third-order valence-electron chi connectivity index (χ3n) is 4.12. The second kappa shape index (κ2) is 9.29. The molecule has 1 unspecified atom stereocenters. The molecule has 0 amide bonds. The fourth-order valence-corrected chi connectivity index (χ4v) is 4.53. The lowest BCUT2D eigenvalue weighted by Gasteiger charge is -2.27. The molecule has 1 nitrogen and oxygen atoms in total. The van der Waals surface area contributed by atoms with Gasteiger partial charge < -0.3 is 5.32 Å². The summed E-state index contributed by atoms with van der Waals surface area (Å²) in [7, 11) is 0. The Bertz CT molecular complexity index is 433. The van der Waals surface area contributed by atoms with Crippen molar-refractivity contribution >= 4 is 35.0 Å². The van der Waals surface area contributed by atoms with Crippen LogP contribution in [0.15, 0.2) is 18.2 Å². The minimum Gasteiger partial charge on any atom is -0.314 e. The van der Waals surface area contributed by atoms with E-state index in [1.807, 2.05) is 18.2 Å². The summed E-state index contributed by atoms with van der Waals surface area (Å²) in [6.07, 6.45) is 6.11. The predicted molar refractivity (Wildman–Crippen MR) is 96.9 cm³/mol. The van der Waals surface area contributed by atoms with Gasteiger partial charge in [0.05, 0.1) is 0 Å². The van der Waals surface area contributed by atoms with Crippen molar-refractivity contribution in [3.8, 4) is 0 Å². The van der Waals surface area contributed by atoms with E-state index in [4.69, 9.17) is 23.2 Å². The molecule has 1 aromatic carbocycles. The van der Waals surface area contributed by atoms with Crippen LogP contribution in [0.1, 0.15) is 38.2 Å². The minimum atomic E-state index is 0.508. The van der Waals surface area contributed by atoms with E-state index in [0.717, 1.165) is 28.9 Å². The van der Waals surface area contributed by atoms with Gasteiger partial charge in [-0.25, -0.2) is 0 Å². The van der Waals surface area contributed by atoms with Gasteiger partial charge in [-0.3, -0.25) is 0 Å². The molecule has 1 heterocycles. The summed E-state index contributed by atoms with van der Waals surface area (Å²) in [6.45, 7) is 3.29. The molecule has 2 rings (SSSR count). The Kier molecular flexibility index (Phi) is 7.73. The second-order valence-corrected chi connectivity index (χ2v) is 7.95. The van der Waals surface area contributed by atoms with Gasteiger partial charge >= 0.3 is 0 Å². The van der Waals surface area contributed by atoms with E-state index in [9.17, 15) is 0 Å². The van der Waals surface area contributed by atoms with Gasteiger partial charge in [0.1, 0.15) is 0 Å². The number of nitrogens with one attached hydrogen (secondary N) is 1. The van der Waals surface area contributed by atoms with Crippen molar-refractivity contribution in [3.63, 3.8) is 0 Å². The Morgan fingerprint density at radius 3 is 2.76 bits per heavy atom. The highest BCUT2D eigenvalue weighted by molar-refractivity contribution is 7.99. The summed E-state index contributed by atoms with van der Waals surface area (Å²) in [6, 6.07) is 6.29. The van der Waals surface area contributed by atoms with Crippen molar-refractivity contribution in [2.24, 2.45) is 5.92 Å². The molecule has 0 spiro atoms. The first-order chi connectivity index (χ1) is 10.2. The summed E-state index contributed by atoms with van der Waals surface area (Å²) >= 11 is 14.5. The van der Waals surface area contributed by atoms with Gasteiger partial charge in [0.25, 0.3) is 0 Å². The number of hydrogen-bond acceptors (Lipinski definition) is 2. The van der Waals surface area contributed by atoms with E-state index >= 15 is 0 Å². The monoisotopic (exact) mass is 345 g/mol. The summed E-state index contributed by atoms with van der Waals surface area (Å²) < 4.78 is 0. The van der Waals surface area contributed by atoms with Gasteiger partial charge in [-0.2, -0.15) is 11.8 Å². The van der Waals surface area contributed by atoms with Crippen molar-refractivity contribution in [1.82, 2.24) is 5.32 Å². The van der Waals surface area contributed by atoms with Gasteiger partial charge in [-0.15, -0.1) is 0 Å². The number of rotatable bonds is 7. The molecule has 21 heavy (non-hydrogen) atoms. The summed E-state index contributed by atoms with van der Waals surface area (Å²) in [5.41, 5.74) is 1.17. The van der Waals surface area contributed by atoms with Crippen LogP contribution in [0.4, 0.5) is 0 Å². The molecule has 1 N–H and O–H groups in total. The maximum atomic E-state index is 6.33. The van der Waals surface area contributed by atoms with Crippen LogP contribution in [0.2, 0.25) is 10.0 Å². The topological polar surface area (TPSA) is 12.0 Å². The molecule has 118 valence electrons. The molecule has 0 radical (unpaired) electrons. The van der Waals surface area contributed by atoms with Crippen molar-refractivity contribution < 1.29 is 0 Å². The Morgan fingerprint density at radius 2 is 2.05 bits per heavy atom. The molecule has 1 aliphatic rings. The van der Waals surface area contributed by atoms with Gasteiger partial charge in [0.2, 0.25) is 0 Å². The molecule has 0 aromatic heterocycles. The van der Waals surface area contributed by atoms with Crippen LogP contribution in [-0.2, 0) is 6.42 Å². The third-order valence-corrected chi connectivity index (χ3v) is 5.77. The Balaban J connectivity index is 1.98. The van der Waals surface area contributed by atoms with Gasteiger partial charge in [0.15, 0.2) is 0 Å². The molecule has 4 heteroatoms. The van der Waals surface area contributed by atoms with E-state index in [1.165, 1.54) is 42.8 Å². The van der Waals surface area contributed by atoms with Crippen molar-refractivity contribution in [2.45, 2.75) is 45.1 Å². The Hall–Kier alpha value is 0.110. The van der Waals surface area contributed by atoms with Crippen LogP contribution in [0, 0.1) is 5.92 Å². The quantitative estimate of drug-likeness (QED) is 0.706. The SMILES string of the molecule is CCCNC(Cc1cc(Cl)ccc1Cl)CC1CCSCC1. The number of hydrogen-bond donors (Lipinski definition) is 1. The molecule has 1 aliphatic heterocycles. The molecule has 1 saturated heterocycles. The van der Waals surface area contributed by atoms with Crippen molar-refractivity contribution in [3.05, 3.63) is 33.8 Å². The second-order valence-electron chi connectivity index (χ2n) is 5.88. The normalized spacial score (nSPS) is 17.9. The van der Waals surface area contributed by atoms with Crippen LogP contribution in [0.3, 0.4) is 0 Å². The van der Waals surface area contributed by atoms with E-state index in [0.29, 0.717) is 6.04 Å². The fraction of sp³-hybridized carbons (Fsp3) is 0.647. The van der Waals surface area contributed by atoms with Gasteiger partial charge in [-0.1, -0.05) is 30.1 Å². The summed E-state index contributed by atoms with van der Waals surface area (Å²) in [5.74, 6) is 3.50. The van der Waals surface area contributed by atoms with Crippen LogP contribution >= 0.6 is 35.0 Å². The van der Waals surface area contributed by atoms with E-state index < -0.39 is 0 Å². The predicted octanol–water partition coefficient (Wildman–Crippen LogP) is 5.44. The maximum Gasteiger partial charge on any atom is 0.0439 e. The summed E-state index contributed by atoms with van der Waals surface area (Å²) in [5, 5.41) is 5.31. The number of thioether (sulfide) groups is 1. The first-order valence-corrected chi connectivity index (χ1v) is 9.85. The third kappa shape index (κ3) is 6.02. The van der Waals surface area contributed by atoms with Gasteiger partial charge in [-0.05, 0) is 79.8 Å². The number of benzene rings is 1. The van der Waals surface area contributed by atoms with E-state index in [2.05, 4.69) is 24.0 Å². The standard InChI is InChI=1S/C17H25Cl2NS/c1-2-7-20-16(10-13-5-8-21-9-6-13)12-14-11-15(18)3-4-17(14)19/h3-4,11,13,16,20H,2,5-10,12H2,1H3. The largest absolute Gasteiger partial charge is 0.314 e. The zero-order valence-corrected chi connectivity index (χ0v) is 15.0. The van der Waals surface area contributed by atoms with Crippen LogP contribution in [-0.4, -0.2) is 24.1 Å². The smallest absolute Gasteiger partial charge is 0.0439 e. The molecule has 0 aliphatic carbocycles. The van der Waals surface area contributed by atoms with Crippen LogP contribution in [0.25, 0.3) is 0 Å². The minimum absolute atomic E-state index is 0.508. The zero-order valence-electron chi connectivity index (χ0n) is 12.7. The lowest BCUT2D eigenvalue weighted by molar-refractivity contribution is 0.362. The average molecular weight is 346 g/mol. The maximum absolute atomic E-state index is 6.33. The fourth-order valence-electron chi connectivity index (χ4n) is 2.94. The van der Waals surface area contributed by atoms with Crippen molar-refractivity contribution in [1.29, 1.82) is 0 Å². The molecule has 0 saturated carbocycles. The highest BCUT2D eigenvalue weighted by Crippen LogP contribution is 2.28. The lowest BCUT2D eigenvalue weighted by Crippen LogP contribution is -2.34. The molecule has 1 aromatic rings. The first-order valence-electron chi connectivity index (χ1n) is 7.94. The van der Waals surface area contributed by atoms with Crippen LogP contribution < -0.4 is 5.32 Å². The number of halogens is 2. The van der Waals surface area contributed by atoms with Crippen LogP contribution in [0.5, 0.6) is 0 Å². The zero-order chi connectivity index (χ0) is 15.1. The highest BCUT2D eigenvalue weighted by Gasteiger charge is 2.20. The molecule has 1 atom stereocenters. The molecule has 1 fully saturated rings. The molecular formula is C17H25Cl2NS. The van der Waals surface area contributed by atoms with Gasteiger partial charge in [0, 0.05) is 16.1 Å². The highest BCUT2D eigenvalue weighted by atomic mass is 35.5. The van der Waals surface area contributed by atoms with Crippen molar-refractivity contribution in [2.75, 3.05) is 18.1 Å².